The van der Waals surface area contributed by atoms with E-state index in [2.05, 4.69) is 6.07 Å². The zero-order valence-corrected chi connectivity index (χ0v) is 13.3. The van der Waals surface area contributed by atoms with Crippen LogP contribution < -0.4 is 0 Å². The van der Waals surface area contributed by atoms with Crippen LogP contribution >= 0.6 is 0 Å². The first-order valence-corrected chi connectivity index (χ1v) is 7.81. The zero-order chi connectivity index (χ0) is 18.0. The Morgan fingerprint density at radius 2 is 2.16 bits per heavy atom. The number of nitro groups is 1. The smallest absolute Gasteiger partial charge is 0.316 e. The first-order chi connectivity index (χ1) is 12.0. The summed E-state index contributed by atoms with van der Waals surface area (Å²) in [6.45, 7) is 0.00267. The highest BCUT2D eigenvalue weighted by Crippen LogP contribution is 2.34. The molecule has 2 atom stereocenters. The number of ether oxygens (including phenoxy) is 1. The van der Waals surface area contributed by atoms with Crippen molar-refractivity contribution < 1.29 is 19.2 Å². The SMILES string of the molecule is N#CCCn1cc(C(=O)COC(=O)C2CC2[N+](=O)[O-])c2ccccc21. The third kappa shape index (κ3) is 3.35. The average Bonchev–Trinajstić information content (AvgIpc) is 3.34. The maximum Gasteiger partial charge on any atom is 0.316 e. The molecule has 0 radical (unpaired) electrons. The Bertz CT molecular complexity index is 895. The fourth-order valence-corrected chi connectivity index (χ4v) is 2.81. The summed E-state index contributed by atoms with van der Waals surface area (Å²) in [5, 5.41) is 20.0. The number of nitriles is 1. The normalized spacial score (nSPS) is 18.5. The summed E-state index contributed by atoms with van der Waals surface area (Å²) in [4.78, 5) is 34.2. The standard InChI is InChI=1S/C17H15N3O5/c18-6-3-7-19-9-13(11-4-1-2-5-14(11)19)16(21)10-25-17(22)12-8-15(12)20(23)24/h1-2,4-5,9,12,15H,3,7-8,10H2. The minimum atomic E-state index is -0.893. The molecule has 1 aromatic heterocycles. The number of rotatable bonds is 7. The van der Waals surface area contributed by atoms with Crippen LogP contribution in [0.5, 0.6) is 0 Å². The Balaban J connectivity index is 1.71. The molecule has 128 valence electrons. The molecule has 0 N–H and O–H groups in total. The zero-order valence-electron chi connectivity index (χ0n) is 13.3. The van der Waals surface area contributed by atoms with Gasteiger partial charge >= 0.3 is 5.97 Å². The molecular formula is C17H15N3O5. The Labute approximate surface area is 142 Å². The Morgan fingerprint density at radius 3 is 2.84 bits per heavy atom. The van der Waals surface area contributed by atoms with Crippen LogP contribution in [-0.2, 0) is 16.1 Å². The van der Waals surface area contributed by atoms with Crippen LogP contribution in [0.25, 0.3) is 10.9 Å². The molecule has 8 nitrogen and oxygen atoms in total. The predicted molar refractivity (Wildman–Crippen MR) is 86.3 cm³/mol. The van der Waals surface area contributed by atoms with Crippen LogP contribution in [0.3, 0.4) is 0 Å². The third-order valence-corrected chi connectivity index (χ3v) is 4.23. The molecule has 0 amide bonds. The summed E-state index contributed by atoms with van der Waals surface area (Å²) in [5.41, 5.74) is 1.23. The van der Waals surface area contributed by atoms with Crippen molar-refractivity contribution >= 4 is 22.7 Å². The van der Waals surface area contributed by atoms with Crippen molar-refractivity contribution in [2.45, 2.75) is 25.4 Å². The van der Waals surface area contributed by atoms with E-state index in [0.717, 1.165) is 10.9 Å². The average molecular weight is 341 g/mol. The lowest BCUT2D eigenvalue weighted by Crippen LogP contribution is -2.18. The summed E-state index contributed by atoms with van der Waals surface area (Å²) in [6.07, 6.45) is 2.12. The van der Waals surface area contributed by atoms with Gasteiger partial charge in [-0.05, 0) is 6.07 Å². The number of hydrogen-bond acceptors (Lipinski definition) is 6. The first kappa shape index (κ1) is 16.6. The molecule has 1 aliphatic carbocycles. The van der Waals surface area contributed by atoms with Gasteiger partial charge < -0.3 is 9.30 Å². The lowest BCUT2D eigenvalue weighted by atomic mass is 10.1. The van der Waals surface area contributed by atoms with Crippen molar-refractivity contribution in [1.82, 2.24) is 4.57 Å². The minimum absolute atomic E-state index is 0.160. The number of aromatic nitrogens is 1. The number of esters is 1. The Hall–Kier alpha value is -3.21. The Morgan fingerprint density at radius 1 is 1.40 bits per heavy atom. The van der Waals surface area contributed by atoms with Gasteiger partial charge in [-0.1, -0.05) is 18.2 Å². The highest BCUT2D eigenvalue weighted by molar-refractivity contribution is 6.09. The van der Waals surface area contributed by atoms with Crippen LogP contribution in [0.4, 0.5) is 0 Å². The summed E-state index contributed by atoms with van der Waals surface area (Å²) in [7, 11) is 0. The number of nitrogens with zero attached hydrogens (tertiary/aromatic N) is 3. The second kappa shape index (κ2) is 6.73. The van der Waals surface area contributed by atoms with Crippen molar-refractivity contribution in [1.29, 1.82) is 5.26 Å². The van der Waals surface area contributed by atoms with Crippen LogP contribution in [0.15, 0.2) is 30.5 Å². The lowest BCUT2D eigenvalue weighted by molar-refractivity contribution is -0.497. The highest BCUT2D eigenvalue weighted by atomic mass is 16.6. The molecule has 1 heterocycles. The van der Waals surface area contributed by atoms with Gasteiger partial charge in [0.1, 0.15) is 5.92 Å². The molecule has 3 rings (SSSR count). The number of para-hydroxylation sites is 1. The summed E-state index contributed by atoms with van der Waals surface area (Å²) < 4.78 is 6.76. The number of carbonyl (C=O) groups is 2. The molecule has 1 saturated carbocycles. The Kier molecular flexibility index (Phi) is 4.48. The molecule has 0 bridgehead atoms. The molecule has 2 unspecified atom stereocenters. The predicted octanol–water partition coefficient (Wildman–Crippen LogP) is 1.95. The molecule has 0 spiro atoms. The van der Waals surface area contributed by atoms with E-state index in [0.29, 0.717) is 18.5 Å². The van der Waals surface area contributed by atoms with Crippen LogP contribution in [0.2, 0.25) is 0 Å². The van der Waals surface area contributed by atoms with Crippen molar-refractivity contribution in [2.24, 2.45) is 5.92 Å². The molecule has 25 heavy (non-hydrogen) atoms. The topological polar surface area (TPSA) is 115 Å². The maximum atomic E-state index is 12.4. The molecule has 1 aromatic carbocycles. The van der Waals surface area contributed by atoms with Gasteiger partial charge in [-0.25, -0.2) is 0 Å². The van der Waals surface area contributed by atoms with Gasteiger partial charge in [0, 0.05) is 40.6 Å². The van der Waals surface area contributed by atoms with Gasteiger partial charge in [0.05, 0.1) is 12.5 Å². The fourth-order valence-electron chi connectivity index (χ4n) is 2.81. The number of carbonyl (C=O) groups excluding carboxylic acids is 2. The van der Waals surface area contributed by atoms with E-state index < -0.39 is 29.5 Å². The van der Waals surface area contributed by atoms with Crippen molar-refractivity contribution in [2.75, 3.05) is 6.61 Å². The highest BCUT2D eigenvalue weighted by Gasteiger charge is 2.54. The monoisotopic (exact) mass is 341 g/mol. The van der Waals surface area contributed by atoms with Gasteiger partial charge in [-0.3, -0.25) is 19.7 Å². The van der Waals surface area contributed by atoms with E-state index in [-0.39, 0.29) is 12.2 Å². The van der Waals surface area contributed by atoms with E-state index in [1.165, 1.54) is 0 Å². The third-order valence-electron chi connectivity index (χ3n) is 4.23. The van der Waals surface area contributed by atoms with Gasteiger partial charge in [-0.2, -0.15) is 5.26 Å². The summed E-state index contributed by atoms with van der Waals surface area (Å²) >= 11 is 0. The summed E-state index contributed by atoms with van der Waals surface area (Å²) in [6, 6.07) is 8.44. The van der Waals surface area contributed by atoms with Crippen LogP contribution in [0, 0.1) is 27.4 Å². The maximum absolute atomic E-state index is 12.4. The molecule has 0 aliphatic heterocycles. The number of benzene rings is 1. The molecular weight excluding hydrogens is 326 g/mol. The van der Waals surface area contributed by atoms with Gasteiger partial charge in [-0.15, -0.1) is 0 Å². The first-order valence-electron chi connectivity index (χ1n) is 7.81. The minimum Gasteiger partial charge on any atom is -0.457 e. The van der Waals surface area contributed by atoms with Gasteiger partial charge in [0.15, 0.2) is 6.61 Å². The van der Waals surface area contributed by atoms with E-state index in [1.54, 1.807) is 18.3 Å². The second-order valence-corrected chi connectivity index (χ2v) is 5.89. The van der Waals surface area contributed by atoms with E-state index in [4.69, 9.17) is 10.00 Å². The number of Topliss-reactive ketones (excluding diaryl/α,β-unsaturated/α-hetero) is 1. The number of hydrogen-bond donors (Lipinski definition) is 0. The number of aryl methyl sites for hydroxylation is 1. The number of ketones is 1. The molecule has 8 heteroatoms. The molecule has 2 aromatic rings. The lowest BCUT2D eigenvalue weighted by Gasteiger charge is -2.02. The molecule has 1 fully saturated rings. The van der Waals surface area contributed by atoms with Crippen molar-refractivity contribution in [3.05, 3.63) is 46.1 Å². The largest absolute Gasteiger partial charge is 0.457 e. The van der Waals surface area contributed by atoms with Gasteiger partial charge in [0.2, 0.25) is 11.8 Å². The van der Waals surface area contributed by atoms with Crippen LogP contribution in [-0.4, -0.2) is 33.9 Å². The quantitative estimate of drug-likeness (QED) is 0.329. The van der Waals surface area contributed by atoms with E-state index >= 15 is 0 Å². The summed E-state index contributed by atoms with van der Waals surface area (Å²) in [5.74, 6) is -1.83. The van der Waals surface area contributed by atoms with Crippen molar-refractivity contribution in [3.8, 4) is 6.07 Å². The van der Waals surface area contributed by atoms with Gasteiger partial charge in [0.25, 0.3) is 0 Å². The number of fused-ring (bicyclic) bond motifs is 1. The fraction of sp³-hybridized carbons (Fsp3) is 0.353. The van der Waals surface area contributed by atoms with E-state index in [1.807, 2.05) is 16.7 Å². The van der Waals surface area contributed by atoms with Crippen LogP contribution in [0.1, 0.15) is 23.2 Å². The van der Waals surface area contributed by atoms with Crippen molar-refractivity contribution in [3.63, 3.8) is 0 Å². The molecule has 1 aliphatic rings. The second-order valence-electron chi connectivity index (χ2n) is 5.89. The molecule has 0 saturated heterocycles. The van der Waals surface area contributed by atoms with E-state index in [9.17, 15) is 19.7 Å².